The van der Waals surface area contributed by atoms with Crippen LogP contribution in [0, 0.1) is 20.2 Å². The fourth-order valence-corrected chi connectivity index (χ4v) is 6.42. The fourth-order valence-electron chi connectivity index (χ4n) is 3.56. The smallest absolute Gasteiger partial charge is 0.258 e. The van der Waals surface area contributed by atoms with Crippen LogP contribution in [0.15, 0.2) is 48.5 Å². The van der Waals surface area contributed by atoms with Crippen molar-refractivity contribution < 1.29 is 9.85 Å². The molecule has 24 heavy (non-hydrogen) atoms. The van der Waals surface area contributed by atoms with Crippen molar-refractivity contribution in [2.45, 2.75) is 24.2 Å². The summed E-state index contributed by atoms with van der Waals surface area (Å²) < 4.78 is 0. The predicted octanol–water partition coefficient (Wildman–Crippen LogP) is 5.19. The van der Waals surface area contributed by atoms with Gasteiger partial charge < -0.3 is 0 Å². The lowest BCUT2D eigenvalue weighted by molar-refractivity contribution is -0.385. The van der Waals surface area contributed by atoms with Crippen molar-refractivity contribution in [3.8, 4) is 0 Å². The molecule has 0 N–H and O–H groups in total. The van der Waals surface area contributed by atoms with Crippen LogP contribution < -0.4 is 0 Å². The highest BCUT2D eigenvalue weighted by atomic mass is 31.1. The van der Waals surface area contributed by atoms with E-state index in [0.717, 1.165) is 24.0 Å². The van der Waals surface area contributed by atoms with Crippen LogP contribution in [0.25, 0.3) is 0 Å². The molecule has 7 heteroatoms. The average Bonchev–Trinajstić information content (AvgIpc) is 2.96. The summed E-state index contributed by atoms with van der Waals surface area (Å²) in [7, 11) is -0.635. The molecule has 0 saturated carbocycles. The molecule has 0 radical (unpaired) electrons. The summed E-state index contributed by atoms with van der Waals surface area (Å²) in [5.41, 5.74) is 2.03. The van der Waals surface area contributed by atoms with Crippen LogP contribution in [0.5, 0.6) is 0 Å². The van der Waals surface area contributed by atoms with Gasteiger partial charge in [-0.1, -0.05) is 44.3 Å². The van der Waals surface area contributed by atoms with Gasteiger partial charge in [0.1, 0.15) is 0 Å². The van der Waals surface area contributed by atoms with E-state index in [2.05, 4.69) is 6.66 Å². The summed E-state index contributed by atoms with van der Waals surface area (Å²) in [5.74, 6) is 0. The molecule has 2 aromatic carbocycles. The van der Waals surface area contributed by atoms with Crippen LogP contribution in [0.3, 0.4) is 0 Å². The Bertz CT molecular complexity index is 730. The van der Waals surface area contributed by atoms with Gasteiger partial charge >= 0.3 is 0 Å². The van der Waals surface area contributed by atoms with E-state index in [1.165, 1.54) is 12.1 Å². The van der Waals surface area contributed by atoms with Crippen molar-refractivity contribution in [3.63, 3.8) is 0 Å². The molecule has 0 aromatic heterocycles. The highest BCUT2D eigenvalue weighted by Gasteiger charge is 2.39. The number of benzene rings is 2. The zero-order chi connectivity index (χ0) is 17.3. The lowest BCUT2D eigenvalue weighted by Gasteiger charge is -2.22. The number of para-hydroxylation sites is 2. The normalized spacial score (nSPS) is 23.1. The highest BCUT2D eigenvalue weighted by molar-refractivity contribution is 7.58. The SMILES string of the molecule is CP1C(c2ccccc2[N+](=O)[O-])CCC1c1ccccc1[N+](=O)[O-]. The summed E-state index contributed by atoms with van der Waals surface area (Å²) in [4.78, 5) is 21.9. The third kappa shape index (κ3) is 2.89. The molecule has 2 atom stereocenters. The van der Waals surface area contributed by atoms with E-state index in [0.29, 0.717) is 0 Å². The van der Waals surface area contributed by atoms with Gasteiger partial charge in [0.15, 0.2) is 0 Å². The monoisotopic (exact) mass is 344 g/mol. The molecule has 2 aromatic rings. The Labute approximate surface area is 140 Å². The first-order valence-electron chi connectivity index (χ1n) is 7.69. The van der Waals surface area contributed by atoms with Gasteiger partial charge in [0.05, 0.1) is 9.85 Å². The van der Waals surface area contributed by atoms with E-state index < -0.39 is 7.92 Å². The van der Waals surface area contributed by atoms with E-state index in [1.54, 1.807) is 12.1 Å². The Kier molecular flexibility index (Phi) is 4.58. The maximum absolute atomic E-state index is 11.3. The number of rotatable bonds is 4. The van der Waals surface area contributed by atoms with Gasteiger partial charge in [-0.15, -0.1) is 0 Å². The van der Waals surface area contributed by atoms with E-state index in [1.807, 2.05) is 24.3 Å². The Morgan fingerprint density at radius 1 is 0.833 bits per heavy atom. The van der Waals surface area contributed by atoms with Crippen molar-refractivity contribution >= 4 is 19.3 Å². The molecule has 1 fully saturated rings. The number of nitro groups is 2. The molecule has 0 bridgehead atoms. The average molecular weight is 344 g/mol. The third-order valence-electron chi connectivity index (χ3n) is 4.68. The molecule has 1 heterocycles. The largest absolute Gasteiger partial charge is 0.273 e. The number of hydrogen-bond acceptors (Lipinski definition) is 4. The van der Waals surface area contributed by atoms with Crippen molar-refractivity contribution in [2.75, 3.05) is 6.66 Å². The first kappa shape index (κ1) is 16.5. The standard InChI is InChI=1S/C17H17N2O4P/c1-24-16(12-6-2-4-8-14(12)18(20)21)10-11-17(24)13-7-3-5-9-15(13)19(22)23/h2-9,16-17H,10-11H2,1H3. The van der Waals surface area contributed by atoms with Gasteiger partial charge in [-0.3, -0.25) is 20.2 Å². The zero-order valence-corrected chi connectivity index (χ0v) is 14.1. The van der Waals surface area contributed by atoms with Gasteiger partial charge in [0.2, 0.25) is 0 Å². The lowest BCUT2D eigenvalue weighted by atomic mass is 10.0. The summed E-state index contributed by atoms with van der Waals surface area (Å²) in [5, 5.41) is 22.6. The Hall–Kier alpha value is -2.33. The highest BCUT2D eigenvalue weighted by Crippen LogP contribution is 2.69. The van der Waals surface area contributed by atoms with Crippen molar-refractivity contribution in [1.82, 2.24) is 0 Å². The molecular formula is C17H17N2O4P. The molecule has 1 aliphatic rings. The summed E-state index contributed by atoms with van der Waals surface area (Å²) in [6.45, 7) is 2.10. The zero-order valence-electron chi connectivity index (χ0n) is 13.2. The lowest BCUT2D eigenvalue weighted by Crippen LogP contribution is -2.00. The second-order valence-electron chi connectivity index (χ2n) is 5.91. The molecule has 1 saturated heterocycles. The minimum absolute atomic E-state index is 0.103. The minimum atomic E-state index is -0.635. The molecule has 3 rings (SSSR count). The van der Waals surface area contributed by atoms with E-state index in [4.69, 9.17) is 0 Å². The molecule has 124 valence electrons. The molecule has 0 amide bonds. The van der Waals surface area contributed by atoms with E-state index in [9.17, 15) is 20.2 Å². The number of hydrogen-bond donors (Lipinski definition) is 0. The van der Waals surface area contributed by atoms with Gasteiger partial charge in [-0.2, -0.15) is 0 Å². The molecule has 1 aliphatic heterocycles. The van der Waals surface area contributed by atoms with E-state index >= 15 is 0 Å². The Morgan fingerprint density at radius 3 is 1.58 bits per heavy atom. The van der Waals surface area contributed by atoms with Gasteiger partial charge in [-0.25, -0.2) is 0 Å². The van der Waals surface area contributed by atoms with Gasteiger partial charge in [0, 0.05) is 34.6 Å². The molecule has 0 aliphatic carbocycles. The first-order chi connectivity index (χ1) is 11.5. The number of nitro benzene ring substituents is 2. The summed E-state index contributed by atoms with van der Waals surface area (Å²) >= 11 is 0. The van der Waals surface area contributed by atoms with Crippen LogP contribution >= 0.6 is 7.92 Å². The van der Waals surface area contributed by atoms with Gasteiger partial charge in [0.25, 0.3) is 11.4 Å². The van der Waals surface area contributed by atoms with Crippen molar-refractivity contribution in [3.05, 3.63) is 79.9 Å². The first-order valence-corrected chi connectivity index (χ1v) is 9.62. The number of nitrogens with zero attached hydrogens (tertiary/aromatic N) is 2. The molecule has 0 spiro atoms. The van der Waals surface area contributed by atoms with E-state index in [-0.39, 0.29) is 32.5 Å². The third-order valence-corrected chi connectivity index (χ3v) is 7.72. The van der Waals surface area contributed by atoms with Crippen LogP contribution in [0.4, 0.5) is 11.4 Å². The second kappa shape index (κ2) is 6.65. The Balaban J connectivity index is 1.96. The summed E-state index contributed by atoms with van der Waals surface area (Å²) in [6, 6.07) is 13.7. The minimum Gasteiger partial charge on any atom is -0.258 e. The van der Waals surface area contributed by atoms with Crippen molar-refractivity contribution in [2.24, 2.45) is 0 Å². The van der Waals surface area contributed by atoms with Crippen LogP contribution in [-0.4, -0.2) is 16.5 Å². The molecule has 6 nitrogen and oxygen atoms in total. The van der Waals surface area contributed by atoms with Gasteiger partial charge in [-0.05, 0) is 19.5 Å². The Morgan fingerprint density at radius 2 is 1.21 bits per heavy atom. The van der Waals surface area contributed by atoms with Crippen molar-refractivity contribution in [1.29, 1.82) is 0 Å². The molecular weight excluding hydrogens is 327 g/mol. The summed E-state index contributed by atoms with van der Waals surface area (Å²) in [6.07, 6.45) is 1.65. The second-order valence-corrected chi connectivity index (χ2v) is 8.48. The van der Waals surface area contributed by atoms with Crippen LogP contribution in [0.1, 0.15) is 35.3 Å². The van der Waals surface area contributed by atoms with Crippen LogP contribution in [-0.2, 0) is 0 Å². The predicted molar refractivity (Wildman–Crippen MR) is 93.8 cm³/mol. The topological polar surface area (TPSA) is 86.3 Å². The quantitative estimate of drug-likeness (QED) is 0.434. The fraction of sp³-hybridized carbons (Fsp3) is 0.294. The van der Waals surface area contributed by atoms with Crippen LogP contribution in [0.2, 0.25) is 0 Å². The maximum Gasteiger partial charge on any atom is 0.273 e. The molecule has 2 unspecified atom stereocenters. The maximum atomic E-state index is 11.3.